The normalized spacial score (nSPS) is 20.2. The van der Waals surface area contributed by atoms with Gasteiger partial charge in [0.2, 0.25) is 0 Å². The van der Waals surface area contributed by atoms with Crippen LogP contribution in [0.15, 0.2) is 66.8 Å². The number of fused-ring (bicyclic) bond motifs is 1. The van der Waals surface area contributed by atoms with Crippen molar-refractivity contribution in [3.8, 4) is 11.5 Å². The average molecular weight is 689 g/mol. The minimum atomic E-state index is -0.369. The van der Waals surface area contributed by atoms with Gasteiger partial charge in [-0.15, -0.1) is 0 Å². The fourth-order valence-electron chi connectivity index (χ4n) is 6.13. The van der Waals surface area contributed by atoms with Crippen LogP contribution < -0.4 is 19.9 Å². The fraction of sp³-hybridized carbons (Fsp3) is 0.357. The third-order valence-electron chi connectivity index (χ3n) is 9.55. The van der Waals surface area contributed by atoms with Crippen LogP contribution in [-0.2, 0) is 22.5 Å². The van der Waals surface area contributed by atoms with Crippen LogP contribution in [0, 0.1) is 60.8 Å². The van der Waals surface area contributed by atoms with Crippen LogP contribution in [0.2, 0.25) is 0 Å². The van der Waals surface area contributed by atoms with Gasteiger partial charge in [-0.3, -0.25) is 0 Å². The number of nitrogens with zero attached hydrogens (tertiary/aromatic N) is 1. The Balaban J connectivity index is 0.000000212. The van der Waals surface area contributed by atoms with E-state index in [0.717, 1.165) is 11.1 Å². The van der Waals surface area contributed by atoms with Gasteiger partial charge in [-0.05, 0) is 84.5 Å². The maximum atomic E-state index is 12.5. The summed E-state index contributed by atoms with van der Waals surface area (Å²) in [6, 6.07) is 16.3. The van der Waals surface area contributed by atoms with Crippen molar-refractivity contribution in [2.75, 3.05) is 20.2 Å². The monoisotopic (exact) mass is 688 g/mol. The largest absolute Gasteiger partial charge is 0.579 e. The molecule has 4 aliphatic rings. The molecule has 48 heavy (non-hydrogen) atoms. The van der Waals surface area contributed by atoms with Crippen molar-refractivity contribution in [1.29, 1.82) is 0 Å². The van der Waals surface area contributed by atoms with E-state index in [4.69, 9.17) is 9.47 Å². The van der Waals surface area contributed by atoms with E-state index in [1.807, 2.05) is 54.7 Å². The summed E-state index contributed by atoms with van der Waals surface area (Å²) >= 11 is 0. The molecule has 1 N–H and O–H groups in total. The van der Waals surface area contributed by atoms with Gasteiger partial charge in [0.05, 0.1) is 19.1 Å². The Bertz CT molecular complexity index is 1370. The first-order chi connectivity index (χ1) is 22.3. The first-order valence-corrected chi connectivity index (χ1v) is 16.6. The van der Waals surface area contributed by atoms with E-state index < -0.39 is 0 Å². The molecule has 0 spiro atoms. The number of benzene rings is 2. The zero-order valence-corrected chi connectivity index (χ0v) is 31.5. The van der Waals surface area contributed by atoms with Crippen LogP contribution in [0.4, 0.5) is 0 Å². The van der Waals surface area contributed by atoms with Gasteiger partial charge in [-0.2, -0.15) is 0 Å². The molecule has 256 valence electrons. The van der Waals surface area contributed by atoms with Crippen molar-refractivity contribution < 1.29 is 36.2 Å². The molecule has 0 unspecified atom stereocenters. The Morgan fingerprint density at radius 1 is 0.792 bits per heavy atom. The third kappa shape index (κ3) is 9.51. The minimum absolute atomic E-state index is 0. The van der Waals surface area contributed by atoms with E-state index in [1.165, 1.54) is 73.2 Å². The molecule has 2 aliphatic carbocycles. The van der Waals surface area contributed by atoms with Crippen molar-refractivity contribution in [3.05, 3.63) is 139 Å². The second-order valence-electron chi connectivity index (χ2n) is 13.5. The number of para-hydroxylation sites is 2. The molecule has 0 aromatic heterocycles. The summed E-state index contributed by atoms with van der Waals surface area (Å²) in [4.78, 5) is 0. The molecule has 2 heterocycles. The summed E-state index contributed by atoms with van der Waals surface area (Å²) in [6.07, 6.45) is 13.3. The first kappa shape index (κ1) is 39.7. The van der Waals surface area contributed by atoms with Crippen LogP contribution >= 0.6 is 0 Å². The number of hydrogen-bond donors (Lipinski definition) is 1. The molecular formula is C42H52FeN2O3. The molecule has 2 aliphatic heterocycles. The van der Waals surface area contributed by atoms with Gasteiger partial charge < -0.3 is 19.9 Å². The van der Waals surface area contributed by atoms with E-state index in [1.54, 1.807) is 14.0 Å². The zero-order chi connectivity index (χ0) is 34.3. The van der Waals surface area contributed by atoms with E-state index in [-0.39, 0.29) is 28.4 Å². The van der Waals surface area contributed by atoms with Gasteiger partial charge in [0, 0.05) is 53.5 Å². The Hall–Kier alpha value is -2.69. The molecule has 10 radical (unpaired) electrons. The Morgan fingerprint density at radius 3 is 1.90 bits per heavy atom. The zero-order valence-electron chi connectivity index (χ0n) is 30.4. The van der Waals surface area contributed by atoms with Gasteiger partial charge in [-0.25, -0.2) is 4.58 Å². The van der Waals surface area contributed by atoms with Gasteiger partial charge >= 0.3 is 0 Å². The van der Waals surface area contributed by atoms with Crippen molar-refractivity contribution in [2.24, 2.45) is 0 Å². The molecule has 0 atom stereocenters. The summed E-state index contributed by atoms with van der Waals surface area (Å²) in [5, 5.41) is 15.8. The average Bonchev–Trinajstić information content (AvgIpc) is 3.82. The van der Waals surface area contributed by atoms with Crippen LogP contribution in [0.3, 0.4) is 0 Å². The fourth-order valence-corrected chi connectivity index (χ4v) is 6.13. The second kappa shape index (κ2) is 17.8. The molecule has 2 saturated carbocycles. The molecule has 1 saturated heterocycles. The summed E-state index contributed by atoms with van der Waals surface area (Å²) in [6.45, 7) is 21.5. The van der Waals surface area contributed by atoms with Crippen molar-refractivity contribution in [1.82, 2.24) is 5.32 Å². The summed E-state index contributed by atoms with van der Waals surface area (Å²) in [5.41, 5.74) is 3.55. The Kier molecular flexibility index (Phi) is 14.7. The molecular weight excluding hydrogens is 636 g/mol. The van der Waals surface area contributed by atoms with Crippen molar-refractivity contribution in [3.63, 3.8) is 0 Å². The smallest absolute Gasteiger partial charge is 0.187 e. The molecule has 5 nitrogen and oxygen atoms in total. The molecule has 0 bridgehead atoms. The van der Waals surface area contributed by atoms with Gasteiger partial charge in [0.15, 0.2) is 5.71 Å². The van der Waals surface area contributed by atoms with E-state index in [9.17, 15) is 5.11 Å². The van der Waals surface area contributed by atoms with Gasteiger partial charge in [0.25, 0.3) is 0 Å². The molecule has 6 heteroatoms. The van der Waals surface area contributed by atoms with E-state index in [0.29, 0.717) is 17.1 Å². The van der Waals surface area contributed by atoms with Gasteiger partial charge in [0.1, 0.15) is 24.8 Å². The number of hydrogen-bond acceptors (Lipinski definition) is 4. The number of methoxy groups -OCH3 is 1. The number of nitrogens with one attached hydrogen (secondary N) is 1. The number of ether oxygens (including phenoxy) is 2. The van der Waals surface area contributed by atoms with Crippen LogP contribution in [0.1, 0.15) is 86.3 Å². The molecule has 0 amide bonds. The van der Waals surface area contributed by atoms with Crippen LogP contribution in [0.5, 0.6) is 11.5 Å². The number of allylic oxidation sites excluding steroid dienone is 2. The summed E-state index contributed by atoms with van der Waals surface area (Å²) in [7, 11) is 1.59. The van der Waals surface area contributed by atoms with Crippen molar-refractivity contribution >= 4 is 11.3 Å². The predicted molar refractivity (Wildman–Crippen MR) is 192 cm³/mol. The van der Waals surface area contributed by atoms with Gasteiger partial charge in [-0.1, -0.05) is 91.8 Å². The number of rotatable bonds is 4. The Morgan fingerprint density at radius 2 is 1.33 bits per heavy atom. The minimum Gasteiger partial charge on any atom is -0.579 e. The topological polar surface area (TPSA) is 56.6 Å². The predicted octanol–water partition coefficient (Wildman–Crippen LogP) is 8.17. The van der Waals surface area contributed by atoms with E-state index in [2.05, 4.69) is 90.6 Å². The molecule has 2 aromatic rings. The molecule has 3 fully saturated rings. The second-order valence-corrected chi connectivity index (χ2v) is 13.5. The Labute approximate surface area is 302 Å². The molecule has 6 rings (SSSR count). The molecule has 2 aromatic carbocycles. The third-order valence-corrected chi connectivity index (χ3v) is 9.55. The summed E-state index contributed by atoms with van der Waals surface area (Å²) in [5.74, 6) is 9.58. The first-order valence-electron chi connectivity index (χ1n) is 16.6. The maximum Gasteiger partial charge on any atom is 0.187 e. The van der Waals surface area contributed by atoms with Crippen LogP contribution in [-0.4, -0.2) is 30.5 Å². The van der Waals surface area contributed by atoms with Crippen molar-refractivity contribution in [2.45, 2.75) is 80.6 Å². The summed E-state index contributed by atoms with van der Waals surface area (Å²) < 4.78 is 13.5. The van der Waals surface area contributed by atoms with E-state index >= 15 is 0 Å². The maximum absolute atomic E-state index is 12.5. The SMILES string of the molecule is COc1ccccc1/C(C)=C(\[O-])Oc1ccccc1C(C)(C)C.C[C]1[C](C)[C](C)[C](C)[C]1C.[CH]1[CH][C]2NC=CC(=[N+]3CCCC3)[C]2[CH]1.[Fe]. The quantitative estimate of drug-likeness (QED) is 0.200. The van der Waals surface area contributed by atoms with Crippen LogP contribution in [0.25, 0.3) is 5.57 Å². The standard InChI is InChI=1S/C20H24O3.C12H14N2.C10H15.Fe/c1-14(15-10-6-8-12-17(15)22-5)19(21)23-18-13-9-7-11-16(18)20(2,3)4;1-2-9-14(8-1)12-6-7-13-11-5-3-4-10(11)12;1-6-7(2)9(4)10(5)8(6)3;/h6-13,21H,1-5H3;3-7,13H,1-2,8-9H2;1-5H3;/q;+1;;/p-1/b19-14+;;;.